The van der Waals surface area contributed by atoms with E-state index in [1.54, 1.807) is 24.3 Å². The van der Waals surface area contributed by atoms with Crippen molar-refractivity contribution >= 4 is 37.5 Å². The Kier molecular flexibility index (Phi) is 6.33. The molecule has 184 valence electrons. The highest BCUT2D eigenvalue weighted by Crippen LogP contribution is 2.32. The van der Waals surface area contributed by atoms with Crippen molar-refractivity contribution in [3.05, 3.63) is 108 Å². The Bertz CT molecular complexity index is 1580. The highest BCUT2D eigenvalue weighted by Gasteiger charge is 2.29. The highest BCUT2D eigenvalue weighted by atomic mass is 32.2. The number of sulfonamides is 1. The lowest BCUT2D eigenvalue weighted by Crippen LogP contribution is -2.40. The number of aromatic nitrogens is 1. The Hall–Kier alpha value is -3.61. The number of hydrogen-bond donors (Lipinski definition) is 1. The second kappa shape index (κ2) is 9.45. The lowest BCUT2D eigenvalue weighted by molar-refractivity contribution is 0.166. The van der Waals surface area contributed by atoms with Gasteiger partial charge in [0.15, 0.2) is 0 Å². The van der Waals surface area contributed by atoms with Crippen LogP contribution < -0.4 is 4.31 Å². The molecule has 0 fully saturated rings. The Morgan fingerprint density at radius 1 is 0.750 bits per heavy atom. The number of aliphatic hydroxyl groups excluding tert-OH is 1. The fourth-order valence-electron chi connectivity index (χ4n) is 5.01. The second-order valence-corrected chi connectivity index (χ2v) is 11.3. The summed E-state index contributed by atoms with van der Waals surface area (Å²) in [6.07, 6.45) is -0.941. The number of fused-ring (bicyclic) bond motifs is 3. The summed E-state index contributed by atoms with van der Waals surface area (Å²) in [5, 5.41) is 13.6. The molecule has 0 aliphatic heterocycles. The molecule has 1 heterocycles. The Balaban J connectivity index is 1.57. The number of para-hydroxylation sites is 3. The number of anilines is 1. The SMILES string of the molecule is Cc1ccc(S(=O)(=O)N(C[C@@H](O)Cn2c3ccccc3c3ccccc32)c2c(C)cccc2C)cc1. The summed E-state index contributed by atoms with van der Waals surface area (Å²) < 4.78 is 31.3. The minimum Gasteiger partial charge on any atom is -0.389 e. The van der Waals surface area contributed by atoms with Crippen LogP contribution in [0, 0.1) is 20.8 Å². The van der Waals surface area contributed by atoms with Gasteiger partial charge in [-0.2, -0.15) is 0 Å². The molecule has 36 heavy (non-hydrogen) atoms. The van der Waals surface area contributed by atoms with E-state index >= 15 is 0 Å². The molecule has 5 nitrogen and oxygen atoms in total. The van der Waals surface area contributed by atoms with E-state index in [0.717, 1.165) is 38.5 Å². The predicted molar refractivity (Wildman–Crippen MR) is 147 cm³/mol. The van der Waals surface area contributed by atoms with E-state index in [2.05, 4.69) is 16.7 Å². The highest BCUT2D eigenvalue weighted by molar-refractivity contribution is 7.92. The number of rotatable bonds is 7. The van der Waals surface area contributed by atoms with Crippen molar-refractivity contribution in [2.24, 2.45) is 0 Å². The standard InChI is InChI=1S/C30H30N2O3S/c1-21-15-17-25(18-16-21)36(34,35)32(30-22(2)9-8-10-23(30)3)20-24(33)19-31-28-13-6-4-11-26(28)27-12-5-7-14-29(27)31/h4-18,24,33H,19-20H2,1-3H3/t24-/m0/s1. The van der Waals surface area contributed by atoms with Gasteiger partial charge in [-0.1, -0.05) is 72.3 Å². The molecule has 0 aliphatic carbocycles. The van der Waals surface area contributed by atoms with Gasteiger partial charge in [-0.05, 0) is 56.2 Å². The molecule has 0 spiro atoms. The average molecular weight is 499 g/mol. The quantitative estimate of drug-likeness (QED) is 0.300. The monoisotopic (exact) mass is 498 g/mol. The summed E-state index contributed by atoms with van der Waals surface area (Å²) in [4.78, 5) is 0.208. The Morgan fingerprint density at radius 3 is 1.83 bits per heavy atom. The Morgan fingerprint density at radius 2 is 1.28 bits per heavy atom. The third-order valence-corrected chi connectivity index (χ3v) is 8.53. The lowest BCUT2D eigenvalue weighted by Gasteiger charge is -2.30. The molecule has 1 atom stereocenters. The predicted octanol–water partition coefficient (Wildman–Crippen LogP) is 5.98. The van der Waals surface area contributed by atoms with Crippen LogP contribution in [0.3, 0.4) is 0 Å². The van der Waals surface area contributed by atoms with Crippen LogP contribution in [0.2, 0.25) is 0 Å². The first-order valence-electron chi connectivity index (χ1n) is 12.1. The molecular formula is C30H30N2O3S. The second-order valence-electron chi connectivity index (χ2n) is 9.39. The maximum absolute atomic E-state index is 13.9. The summed E-state index contributed by atoms with van der Waals surface area (Å²) in [6.45, 7) is 5.93. The molecule has 0 saturated heterocycles. The van der Waals surface area contributed by atoms with Gasteiger partial charge in [0.05, 0.1) is 29.8 Å². The molecule has 5 aromatic rings. The first-order chi connectivity index (χ1) is 17.3. The van der Waals surface area contributed by atoms with E-state index in [-0.39, 0.29) is 18.0 Å². The zero-order valence-electron chi connectivity index (χ0n) is 20.7. The van der Waals surface area contributed by atoms with Gasteiger partial charge in [0.2, 0.25) is 0 Å². The van der Waals surface area contributed by atoms with Crippen molar-refractivity contribution in [3.63, 3.8) is 0 Å². The first-order valence-corrected chi connectivity index (χ1v) is 13.5. The molecule has 0 saturated carbocycles. The van der Waals surface area contributed by atoms with Gasteiger partial charge in [0.1, 0.15) is 0 Å². The van der Waals surface area contributed by atoms with Crippen LogP contribution in [0.4, 0.5) is 5.69 Å². The molecule has 1 N–H and O–H groups in total. The molecule has 0 aliphatic rings. The van der Waals surface area contributed by atoms with Crippen LogP contribution in [0.15, 0.2) is 95.9 Å². The summed E-state index contributed by atoms with van der Waals surface area (Å²) in [5.74, 6) is 0. The van der Waals surface area contributed by atoms with E-state index in [9.17, 15) is 13.5 Å². The summed E-state index contributed by atoms with van der Waals surface area (Å²) in [7, 11) is -3.91. The van der Waals surface area contributed by atoms with Gasteiger partial charge in [-0.15, -0.1) is 0 Å². The fraction of sp³-hybridized carbons (Fsp3) is 0.200. The van der Waals surface area contributed by atoms with Crippen molar-refractivity contribution in [1.29, 1.82) is 0 Å². The van der Waals surface area contributed by atoms with Gasteiger partial charge < -0.3 is 9.67 Å². The van der Waals surface area contributed by atoms with Gasteiger partial charge in [0, 0.05) is 21.8 Å². The van der Waals surface area contributed by atoms with Crippen molar-refractivity contribution in [3.8, 4) is 0 Å². The maximum Gasteiger partial charge on any atom is 0.264 e. The van der Waals surface area contributed by atoms with Crippen LogP contribution in [-0.4, -0.2) is 30.7 Å². The molecule has 6 heteroatoms. The third kappa shape index (κ3) is 4.27. The molecule has 0 amide bonds. The van der Waals surface area contributed by atoms with Gasteiger partial charge in [0.25, 0.3) is 10.0 Å². The third-order valence-electron chi connectivity index (χ3n) is 6.75. The number of nitrogens with zero attached hydrogens (tertiary/aromatic N) is 2. The fourth-order valence-corrected chi connectivity index (χ4v) is 6.64. The molecule has 1 aromatic heterocycles. The van der Waals surface area contributed by atoms with Crippen LogP contribution in [0.1, 0.15) is 16.7 Å². The number of hydrogen-bond acceptors (Lipinski definition) is 3. The first kappa shape index (κ1) is 24.1. The van der Waals surface area contributed by atoms with E-state index in [0.29, 0.717) is 5.69 Å². The average Bonchev–Trinajstić information content (AvgIpc) is 3.17. The zero-order valence-corrected chi connectivity index (χ0v) is 21.5. The smallest absolute Gasteiger partial charge is 0.264 e. The van der Waals surface area contributed by atoms with Gasteiger partial charge >= 0.3 is 0 Å². The lowest BCUT2D eigenvalue weighted by atomic mass is 10.1. The number of aliphatic hydroxyl groups is 1. The van der Waals surface area contributed by atoms with Gasteiger partial charge in [-0.3, -0.25) is 4.31 Å². The van der Waals surface area contributed by atoms with Crippen LogP contribution in [0.5, 0.6) is 0 Å². The van der Waals surface area contributed by atoms with Gasteiger partial charge in [-0.25, -0.2) is 8.42 Å². The zero-order chi connectivity index (χ0) is 25.4. The molecule has 0 unspecified atom stereocenters. The van der Waals surface area contributed by atoms with Crippen LogP contribution >= 0.6 is 0 Å². The maximum atomic E-state index is 13.9. The number of benzene rings is 4. The number of aryl methyl sites for hydroxylation is 3. The van der Waals surface area contributed by atoms with E-state index in [4.69, 9.17) is 0 Å². The Labute approximate surface area is 212 Å². The van der Waals surface area contributed by atoms with E-state index < -0.39 is 16.1 Å². The van der Waals surface area contributed by atoms with Crippen LogP contribution in [0.25, 0.3) is 21.8 Å². The molecule has 0 radical (unpaired) electrons. The molecule has 0 bridgehead atoms. The topological polar surface area (TPSA) is 62.5 Å². The van der Waals surface area contributed by atoms with E-state index in [1.807, 2.05) is 75.4 Å². The largest absolute Gasteiger partial charge is 0.389 e. The summed E-state index contributed by atoms with van der Waals surface area (Å²) in [5.41, 5.74) is 5.30. The van der Waals surface area contributed by atoms with Crippen molar-refractivity contribution in [2.45, 2.75) is 38.3 Å². The summed E-state index contributed by atoms with van der Waals surface area (Å²) in [6, 6.07) is 28.8. The van der Waals surface area contributed by atoms with Crippen LogP contribution in [-0.2, 0) is 16.6 Å². The van der Waals surface area contributed by atoms with Crippen molar-refractivity contribution in [1.82, 2.24) is 4.57 Å². The van der Waals surface area contributed by atoms with E-state index in [1.165, 1.54) is 4.31 Å². The van der Waals surface area contributed by atoms with Crippen molar-refractivity contribution < 1.29 is 13.5 Å². The summed E-state index contributed by atoms with van der Waals surface area (Å²) >= 11 is 0. The molecular weight excluding hydrogens is 468 g/mol. The molecule has 4 aromatic carbocycles. The normalized spacial score (nSPS) is 12.8. The van der Waals surface area contributed by atoms with Crippen molar-refractivity contribution in [2.75, 3.05) is 10.8 Å². The minimum absolute atomic E-state index is 0.0667. The minimum atomic E-state index is -3.91. The molecule has 5 rings (SSSR count).